The van der Waals surface area contributed by atoms with Crippen LogP contribution in [0.1, 0.15) is 11.3 Å². The lowest BCUT2D eigenvalue weighted by Gasteiger charge is -2.16. The lowest BCUT2D eigenvalue weighted by atomic mass is 10.2. The van der Waals surface area contributed by atoms with Crippen molar-refractivity contribution >= 4 is 12.0 Å². The van der Waals surface area contributed by atoms with Gasteiger partial charge in [-0.3, -0.25) is 4.79 Å². The van der Waals surface area contributed by atoms with Gasteiger partial charge in [-0.25, -0.2) is 4.98 Å². The van der Waals surface area contributed by atoms with Crippen LogP contribution in [0.3, 0.4) is 0 Å². The first kappa shape index (κ1) is 18.6. The molecule has 0 spiro atoms. The highest BCUT2D eigenvalue weighted by Crippen LogP contribution is 2.30. The maximum atomic E-state index is 12.5. The highest BCUT2D eigenvalue weighted by atomic mass is 19.4. The van der Waals surface area contributed by atoms with Gasteiger partial charge in [0, 0.05) is 20.2 Å². The van der Waals surface area contributed by atoms with E-state index in [1.807, 2.05) is 7.05 Å². The van der Waals surface area contributed by atoms with E-state index in [0.717, 1.165) is 17.8 Å². The number of rotatable bonds is 6. The van der Waals surface area contributed by atoms with Crippen LogP contribution in [0.25, 0.3) is 6.08 Å². The van der Waals surface area contributed by atoms with Gasteiger partial charge in [-0.05, 0) is 30.3 Å². The lowest BCUT2D eigenvalue weighted by Crippen LogP contribution is -2.29. The summed E-state index contributed by atoms with van der Waals surface area (Å²) in [6.45, 7) is 0.475. The number of alkyl halides is 3. The minimum absolute atomic E-state index is 0.174. The van der Waals surface area contributed by atoms with Gasteiger partial charge in [0.2, 0.25) is 5.91 Å². The summed E-state index contributed by atoms with van der Waals surface area (Å²) in [5, 5.41) is 0. The second kappa shape index (κ2) is 7.87. The monoisotopic (exact) mass is 353 g/mol. The Kier molecular flexibility index (Phi) is 5.84. The quantitative estimate of drug-likeness (QED) is 0.750. The first-order valence-electron chi connectivity index (χ1n) is 7.47. The summed E-state index contributed by atoms with van der Waals surface area (Å²) >= 11 is 0. The molecule has 1 heterocycles. The number of likely N-dealkylation sites (N-methyl/N-ethyl adjacent to an activating group) is 1. The van der Waals surface area contributed by atoms with Gasteiger partial charge in [0.1, 0.15) is 12.4 Å². The van der Waals surface area contributed by atoms with E-state index in [1.54, 1.807) is 30.2 Å². The zero-order chi connectivity index (χ0) is 18.4. The van der Waals surface area contributed by atoms with Crippen molar-refractivity contribution in [2.24, 2.45) is 7.05 Å². The van der Waals surface area contributed by atoms with Crippen LogP contribution in [0.15, 0.2) is 42.9 Å². The van der Waals surface area contributed by atoms with E-state index >= 15 is 0 Å². The normalized spacial score (nSPS) is 11.7. The Morgan fingerprint density at radius 3 is 2.56 bits per heavy atom. The molecule has 0 N–H and O–H groups in total. The first-order chi connectivity index (χ1) is 11.8. The molecule has 5 nitrogen and oxygen atoms in total. The van der Waals surface area contributed by atoms with Crippen molar-refractivity contribution in [3.63, 3.8) is 0 Å². The molecule has 2 rings (SSSR count). The fourth-order valence-electron chi connectivity index (χ4n) is 1.96. The number of imidazole rings is 1. The van der Waals surface area contributed by atoms with Crippen molar-refractivity contribution in [1.82, 2.24) is 14.5 Å². The van der Waals surface area contributed by atoms with Gasteiger partial charge in [0.05, 0.1) is 30.3 Å². The third kappa shape index (κ3) is 5.37. The molecule has 0 atom stereocenters. The van der Waals surface area contributed by atoms with Crippen molar-refractivity contribution in [3.8, 4) is 5.75 Å². The number of benzene rings is 1. The van der Waals surface area contributed by atoms with Gasteiger partial charge in [-0.1, -0.05) is 0 Å². The molecule has 0 saturated heterocycles. The van der Waals surface area contributed by atoms with Gasteiger partial charge in [0.25, 0.3) is 0 Å². The SMILES string of the molecule is CN(CCOc1ccc(C(F)(F)F)cc1)C(=O)/C=C/c1cncn1C. The average molecular weight is 353 g/mol. The van der Waals surface area contributed by atoms with Crippen molar-refractivity contribution in [3.05, 3.63) is 54.1 Å². The molecule has 2 aromatic rings. The van der Waals surface area contributed by atoms with E-state index in [0.29, 0.717) is 12.3 Å². The summed E-state index contributed by atoms with van der Waals surface area (Å²) in [6.07, 6.45) is 1.98. The number of halogens is 3. The Morgan fingerprint density at radius 2 is 2.00 bits per heavy atom. The molecule has 1 aromatic heterocycles. The molecule has 0 unspecified atom stereocenters. The molecule has 0 bridgehead atoms. The molecule has 1 amide bonds. The maximum absolute atomic E-state index is 12.5. The van der Waals surface area contributed by atoms with Crippen LogP contribution in [0, 0.1) is 0 Å². The second-order valence-corrected chi connectivity index (χ2v) is 5.39. The van der Waals surface area contributed by atoms with E-state index in [9.17, 15) is 18.0 Å². The average Bonchev–Trinajstić information content (AvgIpc) is 2.97. The van der Waals surface area contributed by atoms with Crippen molar-refractivity contribution in [2.75, 3.05) is 20.2 Å². The largest absolute Gasteiger partial charge is 0.492 e. The Bertz CT molecular complexity index is 736. The lowest BCUT2D eigenvalue weighted by molar-refractivity contribution is -0.137. The molecule has 0 saturated carbocycles. The maximum Gasteiger partial charge on any atom is 0.416 e. The number of aryl methyl sites for hydroxylation is 1. The Labute approximate surface area is 143 Å². The number of nitrogens with zero attached hydrogens (tertiary/aromatic N) is 3. The van der Waals surface area contributed by atoms with Gasteiger partial charge < -0.3 is 14.2 Å². The van der Waals surface area contributed by atoms with Crippen LogP contribution in [0.4, 0.5) is 13.2 Å². The van der Waals surface area contributed by atoms with Crippen LogP contribution in [-0.4, -0.2) is 40.6 Å². The molecule has 0 aliphatic rings. The molecule has 0 radical (unpaired) electrons. The molecule has 1 aromatic carbocycles. The van der Waals surface area contributed by atoms with Gasteiger partial charge in [-0.15, -0.1) is 0 Å². The Morgan fingerprint density at radius 1 is 1.32 bits per heavy atom. The topological polar surface area (TPSA) is 47.4 Å². The number of hydrogen-bond acceptors (Lipinski definition) is 3. The van der Waals surface area contributed by atoms with Crippen LogP contribution >= 0.6 is 0 Å². The summed E-state index contributed by atoms with van der Waals surface area (Å²) in [6, 6.07) is 4.43. The van der Waals surface area contributed by atoms with E-state index < -0.39 is 11.7 Å². The Balaban J connectivity index is 1.80. The predicted molar refractivity (Wildman–Crippen MR) is 86.8 cm³/mol. The number of carbonyl (C=O) groups excluding carboxylic acids is 1. The third-order valence-electron chi connectivity index (χ3n) is 3.50. The highest BCUT2D eigenvalue weighted by Gasteiger charge is 2.29. The minimum Gasteiger partial charge on any atom is -0.492 e. The highest BCUT2D eigenvalue weighted by molar-refractivity contribution is 5.91. The molecular formula is C17H18F3N3O2. The first-order valence-corrected chi connectivity index (χ1v) is 7.47. The summed E-state index contributed by atoms with van der Waals surface area (Å²) in [5.74, 6) is 0.108. The minimum atomic E-state index is -4.37. The predicted octanol–water partition coefficient (Wildman–Crippen LogP) is 2.99. The van der Waals surface area contributed by atoms with Crippen molar-refractivity contribution < 1.29 is 22.7 Å². The summed E-state index contributed by atoms with van der Waals surface area (Å²) in [5.41, 5.74) is 0.0650. The third-order valence-corrected chi connectivity index (χ3v) is 3.50. The molecule has 0 fully saturated rings. The van der Waals surface area contributed by atoms with E-state index in [4.69, 9.17) is 4.74 Å². The molecule has 0 aliphatic heterocycles. The Hall–Kier alpha value is -2.77. The smallest absolute Gasteiger partial charge is 0.416 e. The zero-order valence-corrected chi connectivity index (χ0v) is 13.8. The molecule has 134 valence electrons. The molecule has 0 aliphatic carbocycles. The van der Waals surface area contributed by atoms with Crippen molar-refractivity contribution in [2.45, 2.75) is 6.18 Å². The fraction of sp³-hybridized carbons (Fsp3) is 0.294. The molecule has 8 heteroatoms. The number of hydrogen-bond donors (Lipinski definition) is 0. The van der Waals surface area contributed by atoms with Gasteiger partial charge in [-0.2, -0.15) is 13.2 Å². The van der Waals surface area contributed by atoms with Crippen LogP contribution < -0.4 is 4.74 Å². The van der Waals surface area contributed by atoms with E-state index in [1.165, 1.54) is 23.1 Å². The number of ether oxygens (including phenoxy) is 1. The number of carbonyl (C=O) groups is 1. The molecule has 25 heavy (non-hydrogen) atoms. The summed E-state index contributed by atoms with van der Waals surface area (Å²) in [7, 11) is 3.44. The van der Waals surface area contributed by atoms with Crippen molar-refractivity contribution in [1.29, 1.82) is 0 Å². The fourth-order valence-corrected chi connectivity index (χ4v) is 1.96. The van der Waals surface area contributed by atoms with Gasteiger partial charge >= 0.3 is 6.18 Å². The second-order valence-electron chi connectivity index (χ2n) is 5.39. The van der Waals surface area contributed by atoms with Crippen LogP contribution in [0.5, 0.6) is 5.75 Å². The standard InChI is InChI=1S/C17H18F3N3O2/c1-22(16(24)8-5-14-11-21-12-23(14)2)9-10-25-15-6-3-13(4-7-15)17(18,19)20/h3-8,11-12H,9-10H2,1-2H3/b8-5+. The van der Waals surface area contributed by atoms with E-state index in [2.05, 4.69) is 4.98 Å². The van der Waals surface area contributed by atoms with Crippen LogP contribution in [-0.2, 0) is 18.0 Å². The molecular weight excluding hydrogens is 335 g/mol. The number of aromatic nitrogens is 2. The summed E-state index contributed by atoms with van der Waals surface area (Å²) in [4.78, 5) is 17.4. The van der Waals surface area contributed by atoms with Crippen LogP contribution in [0.2, 0.25) is 0 Å². The number of amides is 1. The summed E-state index contributed by atoms with van der Waals surface area (Å²) < 4.78 is 44.5. The zero-order valence-electron chi connectivity index (χ0n) is 13.8. The van der Waals surface area contributed by atoms with Gasteiger partial charge in [0.15, 0.2) is 0 Å². The van der Waals surface area contributed by atoms with E-state index in [-0.39, 0.29) is 12.5 Å².